The molecule has 2 N–H and O–H groups in total. The van der Waals surface area contributed by atoms with Crippen LogP contribution in [0.1, 0.15) is 166 Å². The summed E-state index contributed by atoms with van der Waals surface area (Å²) in [6.07, 6.45) is 21.2. The van der Waals surface area contributed by atoms with Crippen molar-refractivity contribution in [3.63, 3.8) is 0 Å². The molecular weight excluding hydrogens is 1120 g/mol. The fraction of sp³-hybridized carbons (Fsp3) is 0.667. The minimum Gasteiger partial charge on any atom is -1.00 e. The number of ether oxygens (including phenoxy) is 1. The van der Waals surface area contributed by atoms with Crippen LogP contribution in [-0.2, 0) is 14.4 Å². The minimum absolute atomic E-state index is 0. The third-order valence-corrected chi connectivity index (χ3v) is 23.5. The normalized spacial score (nSPS) is 35.3. The van der Waals surface area contributed by atoms with Crippen LogP contribution in [0.4, 0.5) is 0 Å². The molecule has 1 heterocycles. The van der Waals surface area contributed by atoms with Crippen molar-refractivity contribution in [3.8, 4) is 0 Å². The van der Waals surface area contributed by atoms with Crippen molar-refractivity contribution >= 4 is 128 Å². The molecule has 1 amide bonds. The van der Waals surface area contributed by atoms with Crippen molar-refractivity contribution in [2.45, 2.75) is 167 Å². The van der Waals surface area contributed by atoms with Gasteiger partial charge in [-0.1, -0.05) is 68.4 Å². The van der Waals surface area contributed by atoms with Gasteiger partial charge < -0.3 is 31.9 Å². The summed E-state index contributed by atoms with van der Waals surface area (Å²) in [4.78, 5) is 31.9. The molecule has 85 heavy (non-hydrogen) atoms. The molecule has 9 aliphatic rings. The average molecular weight is 1210 g/mol. The zero-order valence-electron chi connectivity index (χ0n) is 52.4. The summed E-state index contributed by atoms with van der Waals surface area (Å²) in [5.74, 6) is 8.61. The molecule has 434 valence electrons. The molecule has 0 spiro atoms. The Hall–Kier alpha value is -1.72. The Balaban J connectivity index is 0.000000173. The molecule has 7 nitrogen and oxygen atoms in total. The van der Waals surface area contributed by atoms with E-state index in [1.807, 2.05) is 38.1 Å². The number of rotatable bonds is 7. The number of benzene rings is 4. The van der Waals surface area contributed by atoms with E-state index >= 15 is 0 Å². The van der Waals surface area contributed by atoms with Gasteiger partial charge in [-0.05, 0) is 229 Å². The van der Waals surface area contributed by atoms with Crippen LogP contribution in [0.5, 0.6) is 0 Å². The van der Waals surface area contributed by atoms with Crippen LogP contribution < -0.4 is 17.0 Å². The Morgan fingerprint density at radius 1 is 0.576 bits per heavy atom. The summed E-state index contributed by atoms with van der Waals surface area (Å²) in [7, 11) is 35.1. The largest absolute Gasteiger partial charge is 2.00 e. The Bertz CT molecular complexity index is 2710. The van der Waals surface area contributed by atoms with E-state index in [1.165, 1.54) is 116 Å². The number of carbonyl (C=O) groups excluding carboxylic acids is 2. The first-order valence-corrected chi connectivity index (χ1v) is 32.3. The van der Waals surface area contributed by atoms with Gasteiger partial charge >= 0.3 is 23.1 Å². The van der Waals surface area contributed by atoms with Crippen LogP contribution in [0.2, 0.25) is 0 Å². The molecule has 12 radical (unpaired) electrons. The van der Waals surface area contributed by atoms with Gasteiger partial charge in [-0.3, -0.25) is 14.4 Å². The number of carbonyl (C=O) groups is 2. The summed E-state index contributed by atoms with van der Waals surface area (Å²) in [5.41, 5.74) is 0.347. The van der Waals surface area contributed by atoms with Gasteiger partial charge in [0, 0.05) is 110 Å². The predicted octanol–water partition coefficient (Wildman–Crippen LogP) is 7.32. The quantitative estimate of drug-likeness (QED) is 0.0873. The van der Waals surface area contributed by atoms with Crippen molar-refractivity contribution in [2.75, 3.05) is 27.4 Å². The number of aliphatic hydroxyl groups is 2. The molecule has 1 aliphatic heterocycles. The van der Waals surface area contributed by atoms with Crippen LogP contribution in [0, 0.1) is 87.9 Å². The number of halogens is 1. The van der Waals surface area contributed by atoms with Gasteiger partial charge in [0.2, 0.25) is 5.91 Å². The van der Waals surface area contributed by atoms with E-state index in [1.54, 1.807) is 14.2 Å². The average Bonchev–Trinajstić information content (AvgIpc) is 1.82. The number of hydrogen-bond donors (Lipinski definition) is 2. The maximum absolute atomic E-state index is 13.8. The zero-order valence-corrected chi connectivity index (χ0v) is 55.4. The summed E-state index contributed by atoms with van der Waals surface area (Å²) < 4.78 is 4.94. The molecule has 0 aromatic heterocycles. The fourth-order valence-corrected chi connectivity index (χ4v) is 19.2. The van der Waals surface area contributed by atoms with E-state index in [0.29, 0.717) is 17.6 Å². The van der Waals surface area contributed by atoms with Gasteiger partial charge in [0.1, 0.15) is 0 Å². The molecule has 1 saturated heterocycles. The Morgan fingerprint density at radius 2 is 1.04 bits per heavy atom. The first-order chi connectivity index (χ1) is 39.6. The van der Waals surface area contributed by atoms with Crippen LogP contribution in [-0.4, -0.2) is 161 Å². The molecule has 8 saturated carbocycles. The molecule has 13 rings (SSSR count). The third kappa shape index (κ3) is 16.1. The van der Waals surface area contributed by atoms with Crippen LogP contribution in [0.3, 0.4) is 0 Å². The molecule has 0 unspecified atom stereocenters. The maximum atomic E-state index is 13.8. The number of amides is 1. The van der Waals surface area contributed by atoms with Crippen molar-refractivity contribution in [1.29, 1.82) is 0 Å². The summed E-state index contributed by atoms with van der Waals surface area (Å²) in [6.45, 7) is 10.9. The molecule has 4 aromatic rings. The van der Waals surface area contributed by atoms with Crippen molar-refractivity contribution in [3.05, 3.63) is 96.6 Å². The second-order valence-corrected chi connectivity index (χ2v) is 28.5. The van der Waals surface area contributed by atoms with Gasteiger partial charge in [0.25, 0.3) is 0 Å². The number of Topliss-reactive ketones (excluding diaryl/α,β-unsaturated/α-hetero) is 1. The van der Waals surface area contributed by atoms with E-state index in [0.717, 1.165) is 105 Å². The van der Waals surface area contributed by atoms with Gasteiger partial charge in [-0.15, -0.1) is 16.8 Å². The molecular formula is C66H90B10BrMgNO6. The number of fused-ring (bicyclic) bond motifs is 12. The number of ketones is 1. The molecule has 8 aliphatic carbocycles. The van der Waals surface area contributed by atoms with Crippen LogP contribution >= 0.6 is 0 Å². The van der Waals surface area contributed by atoms with E-state index in [9.17, 15) is 19.8 Å². The maximum Gasteiger partial charge on any atom is 2.00 e. The van der Waals surface area contributed by atoms with E-state index in [-0.39, 0.29) is 68.6 Å². The van der Waals surface area contributed by atoms with Crippen molar-refractivity contribution in [1.82, 2.24) is 5.06 Å². The molecule has 19 heteroatoms. The van der Waals surface area contributed by atoms with Crippen LogP contribution in [0.25, 0.3) is 21.5 Å². The number of hydrogen-bond acceptors (Lipinski definition) is 6. The molecule has 9 fully saturated rings. The summed E-state index contributed by atoms with van der Waals surface area (Å²) in [5, 5.41) is 27.5. The third-order valence-electron chi connectivity index (χ3n) is 23.5. The topological polar surface area (TPSA) is 96.3 Å². The van der Waals surface area contributed by atoms with E-state index in [4.69, 9.17) is 56.0 Å². The first-order valence-electron chi connectivity index (χ1n) is 32.3. The minimum atomic E-state index is -0.667. The molecule has 16 atom stereocenters. The smallest absolute Gasteiger partial charge is 1.00 e. The Labute approximate surface area is 548 Å². The monoisotopic (exact) mass is 1210 g/mol. The number of nitrogens with zero attached hydrogens (tertiary/aromatic N) is 1. The Morgan fingerprint density at radius 3 is 1.49 bits per heavy atom. The van der Waals surface area contributed by atoms with Gasteiger partial charge in [0.15, 0.2) is 5.78 Å². The fourth-order valence-electron chi connectivity index (χ4n) is 19.2. The van der Waals surface area contributed by atoms with E-state index in [2.05, 4.69) is 80.6 Å². The summed E-state index contributed by atoms with van der Waals surface area (Å²) >= 11 is 0. The summed E-state index contributed by atoms with van der Waals surface area (Å²) in [6, 6.07) is 32.0. The van der Waals surface area contributed by atoms with Crippen molar-refractivity contribution in [2.24, 2.45) is 81.8 Å². The zero-order chi connectivity index (χ0) is 59.4. The van der Waals surface area contributed by atoms with Gasteiger partial charge in [-0.2, -0.15) is 24.3 Å². The van der Waals surface area contributed by atoms with E-state index < -0.39 is 36.7 Å². The van der Waals surface area contributed by atoms with Crippen molar-refractivity contribution < 1.29 is 46.4 Å². The molecule has 4 aromatic carbocycles. The van der Waals surface area contributed by atoms with Gasteiger partial charge in [-0.25, -0.2) is 5.06 Å². The second kappa shape index (κ2) is 30.6. The second-order valence-electron chi connectivity index (χ2n) is 28.5. The van der Waals surface area contributed by atoms with Crippen LogP contribution in [0.15, 0.2) is 84.9 Å². The SMILES string of the molecule is C1CCOC1.CON(C)C(=O)[C@H]1CC[C@H]2[C@@H]3CC[C@@H]4C[C@](C)(O)CC[C@@H]4[C@H]3CC[C@]12C.C[C@@]1(O)CC[C@H]2[C@H](CC[C@@H]3[C@@H]2CC[C@]2(C)[C@@H](C(=O)c4ccc5ccccc5c4)CC[C@@H]32)C1.[B]B([B])B(B([B])[B])B([B])[B].[Br-].[Mg+2].[c-]1ccc2ccccc2c1. The Kier molecular flexibility index (Phi) is 25.5. The standard InChI is InChI=1S/C30H38O2.C22H37NO3.C10H7.C4H8O.B10.BrH.Mg/c1-29(32)15-13-23-22(18-29)9-10-25-24(23)14-16-30(2)26(25)11-12-27(30)28(31)21-8-7-19-5-3-4-6-20(19)17-21;1-21(25)11-9-15-14(13-21)5-6-17-16(15)10-12-22(2)18(17)7-8-19(22)20(24)23(3)26-4;1-2-6-10-8-4-3-7-9(10)5-1;1-2-4-5-3-1;1-7(2)10(8(3)4)9(5)6;;/h3-8,17,22-27,32H,9-16,18H2,1-2H3;14-19,25H,5-13H2,1-4H3;1-3,5-8H;1-4H2;;1H;/q;;-1;;;;+2/p-1/t22-,23+,24-,25-,26+,27-,29-,30+;14-,15+,16-,17-,18+,19-,21-,22+;;;;;/m11...../s1. The number of hydroxylamine groups is 2. The predicted molar refractivity (Wildman–Crippen MR) is 357 cm³/mol. The van der Waals surface area contributed by atoms with Gasteiger partial charge in [0.05, 0.1) is 18.3 Å². The molecule has 0 bridgehead atoms. The first kappa shape index (κ1) is 70.7.